The number of hydrogen-bond acceptors (Lipinski definition) is 5. The summed E-state index contributed by atoms with van der Waals surface area (Å²) in [5, 5.41) is 17.8. The van der Waals surface area contributed by atoms with Crippen LogP contribution in [-0.2, 0) is 11.3 Å². The molecule has 1 unspecified atom stereocenters. The van der Waals surface area contributed by atoms with Gasteiger partial charge in [-0.2, -0.15) is 5.26 Å². The first kappa shape index (κ1) is 19.0. The fourth-order valence-corrected chi connectivity index (χ4v) is 2.41. The Balaban J connectivity index is 0.000000189. The maximum absolute atomic E-state index is 10.7. The minimum absolute atomic E-state index is 0.0189. The summed E-state index contributed by atoms with van der Waals surface area (Å²) in [5.41, 5.74) is 12.3. The van der Waals surface area contributed by atoms with Crippen LogP contribution in [-0.4, -0.2) is 28.6 Å². The lowest BCUT2D eigenvalue weighted by Gasteiger charge is -2.00. The normalized spacial score (nSPS) is 14.1. The van der Waals surface area contributed by atoms with E-state index in [1.165, 1.54) is 0 Å². The average Bonchev–Trinajstić information content (AvgIpc) is 3.05. The number of pyridine rings is 1. The molecule has 8 nitrogen and oxygen atoms in total. The van der Waals surface area contributed by atoms with Crippen LogP contribution in [0.2, 0.25) is 5.02 Å². The smallest absolute Gasteiger partial charge is 0.314 e. The van der Waals surface area contributed by atoms with Gasteiger partial charge in [-0.1, -0.05) is 23.7 Å². The molecule has 1 aliphatic rings. The summed E-state index contributed by atoms with van der Waals surface area (Å²) in [4.78, 5) is 18.4. The third-order valence-corrected chi connectivity index (χ3v) is 3.83. The minimum Gasteiger partial charge on any atom is -0.481 e. The predicted octanol–water partition coefficient (Wildman–Crippen LogP) is 1.63. The maximum atomic E-state index is 10.7. The Morgan fingerprint density at radius 2 is 2.23 bits per heavy atom. The molecular formula is C17H16ClN5O3. The second kappa shape index (κ2) is 8.69. The molecule has 0 bridgehead atoms. The first-order valence-corrected chi connectivity index (χ1v) is 7.84. The zero-order valence-electron chi connectivity index (χ0n) is 13.6. The molecule has 1 aromatic carbocycles. The van der Waals surface area contributed by atoms with Gasteiger partial charge in [-0.25, -0.2) is 9.98 Å². The van der Waals surface area contributed by atoms with Gasteiger partial charge in [-0.3, -0.25) is 4.79 Å². The lowest BCUT2D eigenvalue weighted by atomic mass is 10.0. The van der Waals surface area contributed by atoms with Crippen LogP contribution in [0.1, 0.15) is 22.6 Å². The van der Waals surface area contributed by atoms with Gasteiger partial charge < -0.3 is 21.3 Å². The van der Waals surface area contributed by atoms with E-state index in [1.807, 2.05) is 6.07 Å². The lowest BCUT2D eigenvalue weighted by Crippen LogP contribution is -2.22. The van der Waals surface area contributed by atoms with Crippen LogP contribution < -0.4 is 16.2 Å². The Labute approximate surface area is 154 Å². The van der Waals surface area contributed by atoms with Crippen molar-refractivity contribution in [3.05, 3.63) is 58.2 Å². The molecule has 0 spiro atoms. The summed E-state index contributed by atoms with van der Waals surface area (Å²) in [7, 11) is 0. The molecule has 1 atom stereocenters. The molecule has 9 heteroatoms. The number of fused-ring (bicyclic) bond motifs is 1. The highest BCUT2D eigenvalue weighted by Crippen LogP contribution is 2.31. The Bertz CT molecular complexity index is 875. The van der Waals surface area contributed by atoms with Gasteiger partial charge in [0.2, 0.25) is 5.88 Å². The number of nitriles is 1. The highest BCUT2D eigenvalue weighted by molar-refractivity contribution is 6.31. The first-order valence-electron chi connectivity index (χ1n) is 7.46. The number of ether oxygens (including phenoxy) is 1. The summed E-state index contributed by atoms with van der Waals surface area (Å²) >= 11 is 5.89. The number of aliphatic imine (C=N–C) groups is 1. The van der Waals surface area contributed by atoms with Crippen molar-refractivity contribution >= 4 is 23.5 Å². The average molecular weight is 374 g/mol. The highest BCUT2D eigenvalue weighted by Gasteiger charge is 2.30. The van der Waals surface area contributed by atoms with Crippen molar-refractivity contribution in [2.45, 2.75) is 12.5 Å². The van der Waals surface area contributed by atoms with Gasteiger partial charge in [0.05, 0.1) is 18.2 Å². The fourth-order valence-electron chi connectivity index (χ4n) is 2.17. The Morgan fingerprint density at radius 3 is 2.85 bits per heavy atom. The number of benzene rings is 1. The Morgan fingerprint density at radius 1 is 1.46 bits per heavy atom. The molecule has 26 heavy (non-hydrogen) atoms. The molecule has 0 saturated carbocycles. The second-order valence-corrected chi connectivity index (χ2v) is 5.67. The van der Waals surface area contributed by atoms with Crippen molar-refractivity contribution in [2.75, 3.05) is 6.61 Å². The zero-order chi connectivity index (χ0) is 19.1. The number of aliphatic carboxylic acids is 1. The van der Waals surface area contributed by atoms with Crippen LogP contribution in [0.15, 0.2) is 41.5 Å². The summed E-state index contributed by atoms with van der Waals surface area (Å²) in [6.45, 7) is 0.522. The summed E-state index contributed by atoms with van der Waals surface area (Å²) in [5.74, 6) is -0.939. The Kier molecular flexibility index (Phi) is 6.36. The number of nitrogens with two attached hydrogens (primary N) is 2. The SMILES string of the molecule is N#Cc1ccc(CN=C(N)N)c(Cl)c1.O=C(O)C1COc2ncccc21. The molecule has 5 N–H and O–H groups in total. The van der Waals surface area contributed by atoms with Crippen LogP contribution >= 0.6 is 11.6 Å². The molecule has 0 radical (unpaired) electrons. The molecule has 1 aromatic heterocycles. The number of carbonyl (C=O) groups is 1. The number of guanidine groups is 1. The van der Waals surface area contributed by atoms with Crippen molar-refractivity contribution in [3.8, 4) is 11.9 Å². The van der Waals surface area contributed by atoms with Crippen molar-refractivity contribution in [2.24, 2.45) is 16.5 Å². The molecule has 0 fully saturated rings. The number of rotatable bonds is 3. The first-order chi connectivity index (χ1) is 12.4. The second-order valence-electron chi connectivity index (χ2n) is 5.26. The molecule has 0 amide bonds. The van der Waals surface area contributed by atoms with Gasteiger partial charge in [0.15, 0.2) is 5.96 Å². The molecular weight excluding hydrogens is 358 g/mol. The van der Waals surface area contributed by atoms with Crippen LogP contribution in [0.25, 0.3) is 0 Å². The molecule has 0 saturated heterocycles. The fraction of sp³-hybridized carbons (Fsp3) is 0.176. The number of hydrogen-bond donors (Lipinski definition) is 3. The van der Waals surface area contributed by atoms with Crippen LogP contribution in [0.3, 0.4) is 0 Å². The van der Waals surface area contributed by atoms with Crippen molar-refractivity contribution in [1.82, 2.24) is 4.98 Å². The van der Waals surface area contributed by atoms with E-state index in [2.05, 4.69) is 9.98 Å². The number of carboxylic acids is 1. The molecule has 1 aliphatic heterocycles. The van der Waals surface area contributed by atoms with Crippen LogP contribution in [0.5, 0.6) is 5.88 Å². The number of aromatic nitrogens is 1. The van der Waals surface area contributed by atoms with E-state index < -0.39 is 11.9 Å². The van der Waals surface area contributed by atoms with E-state index in [9.17, 15) is 4.79 Å². The summed E-state index contributed by atoms with van der Waals surface area (Å²) < 4.78 is 5.08. The summed E-state index contributed by atoms with van der Waals surface area (Å²) in [6.07, 6.45) is 1.59. The van der Waals surface area contributed by atoms with E-state index in [1.54, 1.807) is 36.5 Å². The quantitative estimate of drug-likeness (QED) is 0.546. The van der Waals surface area contributed by atoms with Crippen molar-refractivity contribution in [1.29, 1.82) is 5.26 Å². The van der Waals surface area contributed by atoms with Crippen LogP contribution in [0.4, 0.5) is 0 Å². The molecule has 2 heterocycles. The van der Waals surface area contributed by atoms with Gasteiger partial charge in [0, 0.05) is 16.8 Å². The monoisotopic (exact) mass is 373 g/mol. The van der Waals surface area contributed by atoms with Gasteiger partial charge in [0.25, 0.3) is 0 Å². The van der Waals surface area contributed by atoms with E-state index in [4.69, 9.17) is 38.2 Å². The minimum atomic E-state index is -0.859. The largest absolute Gasteiger partial charge is 0.481 e. The van der Waals surface area contributed by atoms with Gasteiger partial charge >= 0.3 is 5.97 Å². The number of halogens is 1. The number of nitrogens with zero attached hydrogens (tertiary/aromatic N) is 3. The lowest BCUT2D eigenvalue weighted by molar-refractivity contribution is -0.138. The van der Waals surface area contributed by atoms with Crippen LogP contribution in [0, 0.1) is 11.3 Å². The van der Waals surface area contributed by atoms with Gasteiger partial charge in [-0.15, -0.1) is 0 Å². The van der Waals surface area contributed by atoms with E-state index >= 15 is 0 Å². The summed E-state index contributed by atoms with van der Waals surface area (Å²) in [6, 6.07) is 10.4. The van der Waals surface area contributed by atoms with E-state index in [-0.39, 0.29) is 12.6 Å². The van der Waals surface area contributed by atoms with E-state index in [0.29, 0.717) is 28.6 Å². The van der Waals surface area contributed by atoms with Crippen molar-refractivity contribution in [3.63, 3.8) is 0 Å². The molecule has 2 aromatic rings. The van der Waals surface area contributed by atoms with Gasteiger partial charge in [0.1, 0.15) is 12.5 Å². The Hall–Kier alpha value is -3.31. The van der Waals surface area contributed by atoms with Crippen molar-refractivity contribution < 1.29 is 14.6 Å². The van der Waals surface area contributed by atoms with Gasteiger partial charge in [-0.05, 0) is 23.8 Å². The topological polar surface area (TPSA) is 148 Å². The molecule has 3 rings (SSSR count). The molecule has 134 valence electrons. The zero-order valence-corrected chi connectivity index (χ0v) is 14.3. The third kappa shape index (κ3) is 4.84. The standard InChI is InChI=1S/C9H9ClN4.C8H7NO3/c10-8-3-6(4-11)1-2-7(8)5-14-9(12)13;10-8(11)6-4-12-7-5(6)2-1-3-9-7/h1-3H,5H2,(H4,12,13,14);1-3,6H,4H2,(H,10,11). The molecule has 0 aliphatic carbocycles. The number of carboxylic acid groups (broad SMARTS) is 1. The maximum Gasteiger partial charge on any atom is 0.314 e. The van der Waals surface area contributed by atoms with E-state index in [0.717, 1.165) is 5.56 Å². The highest BCUT2D eigenvalue weighted by atomic mass is 35.5. The third-order valence-electron chi connectivity index (χ3n) is 3.47. The predicted molar refractivity (Wildman–Crippen MR) is 95.8 cm³/mol.